The second-order valence-electron chi connectivity index (χ2n) is 7.25. The van der Waals surface area contributed by atoms with Crippen molar-refractivity contribution in [3.63, 3.8) is 0 Å². The third-order valence-corrected chi connectivity index (χ3v) is 5.48. The number of para-hydroxylation sites is 1. The highest BCUT2D eigenvalue weighted by molar-refractivity contribution is 5.92. The van der Waals surface area contributed by atoms with Crippen molar-refractivity contribution in [3.8, 4) is 11.5 Å². The number of hydrogen-bond donors (Lipinski definition) is 1. The van der Waals surface area contributed by atoms with Gasteiger partial charge in [-0.05, 0) is 30.3 Å². The van der Waals surface area contributed by atoms with Gasteiger partial charge in [0.05, 0.1) is 11.7 Å². The summed E-state index contributed by atoms with van der Waals surface area (Å²) in [5, 5.41) is 4.18. The van der Waals surface area contributed by atoms with E-state index < -0.39 is 0 Å². The van der Waals surface area contributed by atoms with E-state index in [-0.39, 0.29) is 0 Å². The lowest BCUT2D eigenvalue weighted by Gasteiger charge is -2.37. The number of nitrogens with one attached hydrogen (secondary N) is 1. The lowest BCUT2D eigenvalue weighted by atomic mass is 10.1. The van der Waals surface area contributed by atoms with Crippen LogP contribution in [0.15, 0.2) is 67.1 Å². The van der Waals surface area contributed by atoms with Gasteiger partial charge in [-0.2, -0.15) is 0 Å². The van der Waals surface area contributed by atoms with Crippen LogP contribution in [0.4, 0.5) is 17.2 Å². The van der Waals surface area contributed by atoms with E-state index in [1.165, 1.54) is 11.4 Å². The van der Waals surface area contributed by atoms with Gasteiger partial charge in [0.15, 0.2) is 5.82 Å². The molecular weight excluding hydrogens is 398 g/mol. The average molecular weight is 428 g/mol. The second kappa shape index (κ2) is 10.0. The van der Waals surface area contributed by atoms with Gasteiger partial charge in [0.1, 0.15) is 11.5 Å². The van der Waals surface area contributed by atoms with Crippen molar-refractivity contribution in [2.24, 2.45) is 0 Å². The molecule has 1 fully saturated rings. The number of nitrogens with zero attached hydrogens (tertiary/aromatic N) is 6. The molecule has 0 unspecified atom stereocenters. The SMILES string of the molecule is CC.CNc1nc(-c2cnccn2)nc2cc(N3CCN(c4ccccc4)CC3)ccc12. The first-order chi connectivity index (χ1) is 15.8. The van der Waals surface area contributed by atoms with Crippen LogP contribution < -0.4 is 15.1 Å². The Labute approximate surface area is 189 Å². The molecule has 7 nitrogen and oxygen atoms in total. The van der Waals surface area contributed by atoms with Crippen molar-refractivity contribution >= 4 is 28.1 Å². The first-order valence-corrected chi connectivity index (χ1v) is 11.1. The van der Waals surface area contributed by atoms with Gasteiger partial charge in [-0.15, -0.1) is 0 Å². The van der Waals surface area contributed by atoms with Crippen molar-refractivity contribution in [2.75, 3.05) is 48.3 Å². The fourth-order valence-electron chi connectivity index (χ4n) is 3.90. The molecule has 2 aromatic heterocycles. The summed E-state index contributed by atoms with van der Waals surface area (Å²) >= 11 is 0. The molecule has 0 atom stereocenters. The zero-order valence-electron chi connectivity index (χ0n) is 18.9. The summed E-state index contributed by atoms with van der Waals surface area (Å²) in [6.07, 6.45) is 4.99. The van der Waals surface area contributed by atoms with Gasteiger partial charge >= 0.3 is 0 Å². The predicted molar refractivity (Wildman–Crippen MR) is 132 cm³/mol. The largest absolute Gasteiger partial charge is 0.373 e. The lowest BCUT2D eigenvalue weighted by molar-refractivity contribution is 0.654. The molecule has 7 heteroatoms. The number of aromatic nitrogens is 4. The van der Waals surface area contributed by atoms with E-state index in [0.717, 1.165) is 42.9 Å². The normalized spacial score (nSPS) is 13.5. The Morgan fingerprint density at radius 3 is 2.19 bits per heavy atom. The summed E-state index contributed by atoms with van der Waals surface area (Å²) < 4.78 is 0. The highest BCUT2D eigenvalue weighted by Crippen LogP contribution is 2.28. The maximum atomic E-state index is 4.78. The van der Waals surface area contributed by atoms with Crippen LogP contribution in [0.5, 0.6) is 0 Å². The summed E-state index contributed by atoms with van der Waals surface area (Å²) in [7, 11) is 1.87. The molecule has 1 N–H and O–H groups in total. The highest BCUT2D eigenvalue weighted by Gasteiger charge is 2.18. The smallest absolute Gasteiger partial charge is 0.182 e. The minimum atomic E-state index is 0.575. The van der Waals surface area contributed by atoms with Gasteiger partial charge in [-0.1, -0.05) is 32.0 Å². The van der Waals surface area contributed by atoms with Crippen LogP contribution in [-0.4, -0.2) is 53.2 Å². The molecule has 32 heavy (non-hydrogen) atoms. The van der Waals surface area contributed by atoms with Gasteiger partial charge in [-0.3, -0.25) is 4.98 Å². The van der Waals surface area contributed by atoms with E-state index in [1.807, 2.05) is 20.9 Å². The van der Waals surface area contributed by atoms with Gasteiger partial charge in [0.2, 0.25) is 0 Å². The summed E-state index contributed by atoms with van der Waals surface area (Å²) in [5.74, 6) is 1.37. The van der Waals surface area contributed by atoms with Gasteiger partial charge in [-0.25, -0.2) is 15.0 Å². The van der Waals surface area contributed by atoms with E-state index in [2.05, 4.69) is 78.6 Å². The molecule has 3 heterocycles. The van der Waals surface area contributed by atoms with E-state index >= 15 is 0 Å². The molecular formula is C25H29N7. The van der Waals surface area contributed by atoms with Crippen LogP contribution in [0.2, 0.25) is 0 Å². The Morgan fingerprint density at radius 1 is 0.812 bits per heavy atom. The molecule has 0 bridgehead atoms. The molecule has 0 spiro atoms. The quantitative estimate of drug-likeness (QED) is 0.515. The number of piperazine rings is 1. The van der Waals surface area contributed by atoms with Crippen LogP contribution in [0, 0.1) is 0 Å². The minimum absolute atomic E-state index is 0.575. The Morgan fingerprint density at radius 2 is 1.53 bits per heavy atom. The van der Waals surface area contributed by atoms with Crippen LogP contribution in [0.25, 0.3) is 22.4 Å². The summed E-state index contributed by atoms with van der Waals surface area (Å²) in [6.45, 7) is 7.94. The molecule has 2 aromatic carbocycles. The topological polar surface area (TPSA) is 70.1 Å². The maximum absolute atomic E-state index is 4.78. The predicted octanol–water partition coefficient (Wildman–Crippen LogP) is 4.48. The number of anilines is 3. The summed E-state index contributed by atoms with van der Waals surface area (Å²) in [4.78, 5) is 22.8. The first-order valence-electron chi connectivity index (χ1n) is 11.1. The van der Waals surface area contributed by atoms with E-state index in [4.69, 9.17) is 4.98 Å². The standard InChI is InChI=1S/C23H23N7.C2H6/c1-24-22-19-8-7-18(15-20(19)27-23(28-22)21-16-25-9-10-26-21)30-13-11-29(12-14-30)17-5-3-2-4-6-17;1-2/h2-10,15-16H,11-14H2,1H3,(H,24,27,28);1-2H3. The number of benzene rings is 2. The van der Waals surface area contributed by atoms with Crippen LogP contribution >= 0.6 is 0 Å². The third kappa shape index (κ3) is 4.46. The Hall–Kier alpha value is -3.74. The molecule has 1 aliphatic rings. The lowest BCUT2D eigenvalue weighted by Crippen LogP contribution is -2.46. The van der Waals surface area contributed by atoms with Gasteiger partial charge < -0.3 is 15.1 Å². The van der Waals surface area contributed by atoms with E-state index in [0.29, 0.717) is 11.5 Å². The van der Waals surface area contributed by atoms with E-state index in [1.54, 1.807) is 18.6 Å². The number of hydrogen-bond acceptors (Lipinski definition) is 7. The molecule has 164 valence electrons. The molecule has 0 saturated carbocycles. The van der Waals surface area contributed by atoms with Crippen LogP contribution in [-0.2, 0) is 0 Å². The molecule has 4 aromatic rings. The second-order valence-corrected chi connectivity index (χ2v) is 7.25. The molecule has 1 saturated heterocycles. The monoisotopic (exact) mass is 427 g/mol. The zero-order valence-corrected chi connectivity index (χ0v) is 18.9. The average Bonchev–Trinajstić information content (AvgIpc) is 2.90. The number of rotatable bonds is 4. The molecule has 0 radical (unpaired) electrons. The van der Waals surface area contributed by atoms with Crippen LogP contribution in [0.1, 0.15) is 13.8 Å². The molecule has 0 aliphatic carbocycles. The molecule has 5 rings (SSSR count). The van der Waals surface area contributed by atoms with Crippen molar-refractivity contribution in [1.82, 2.24) is 19.9 Å². The van der Waals surface area contributed by atoms with Gasteiger partial charge in [0.25, 0.3) is 0 Å². The zero-order chi connectivity index (χ0) is 22.3. The third-order valence-electron chi connectivity index (χ3n) is 5.48. The van der Waals surface area contributed by atoms with E-state index in [9.17, 15) is 0 Å². The van der Waals surface area contributed by atoms with Crippen molar-refractivity contribution in [2.45, 2.75) is 13.8 Å². The molecule has 1 aliphatic heterocycles. The summed E-state index contributed by atoms with van der Waals surface area (Å²) in [5.41, 5.74) is 4.03. The highest BCUT2D eigenvalue weighted by atomic mass is 15.3. The Bertz CT molecular complexity index is 1140. The van der Waals surface area contributed by atoms with Crippen LogP contribution in [0.3, 0.4) is 0 Å². The first kappa shape index (κ1) is 21.5. The maximum Gasteiger partial charge on any atom is 0.182 e. The number of fused-ring (bicyclic) bond motifs is 1. The van der Waals surface area contributed by atoms with Crippen molar-refractivity contribution in [1.29, 1.82) is 0 Å². The van der Waals surface area contributed by atoms with Crippen molar-refractivity contribution < 1.29 is 0 Å². The van der Waals surface area contributed by atoms with Gasteiger partial charge in [0, 0.05) is 62.4 Å². The Balaban J connectivity index is 0.00000119. The minimum Gasteiger partial charge on any atom is -0.373 e. The Kier molecular flexibility index (Phi) is 6.75. The fourth-order valence-corrected chi connectivity index (χ4v) is 3.90. The fraction of sp³-hybridized carbons (Fsp3) is 0.280. The van der Waals surface area contributed by atoms with Crippen molar-refractivity contribution in [3.05, 3.63) is 67.1 Å². The molecule has 0 amide bonds. The summed E-state index contributed by atoms with van der Waals surface area (Å²) in [6, 6.07) is 17.0.